The van der Waals surface area contributed by atoms with E-state index in [0.717, 1.165) is 5.56 Å². The van der Waals surface area contributed by atoms with Gasteiger partial charge in [-0.2, -0.15) is 0 Å². The minimum atomic E-state index is -3.96. The SMILES string of the molecule is Cc1ccc(C(=O)O)c(Nc2c(S(=O)(=O)C3CNCCO3)cnc3ccc(Cl)cc23)c1. The summed E-state index contributed by atoms with van der Waals surface area (Å²) in [5.41, 5.74) is 0.716. The molecule has 0 amide bonds. The number of fused-ring (bicyclic) bond motifs is 1. The minimum absolute atomic E-state index is 0.0107. The zero-order valence-corrected chi connectivity index (χ0v) is 18.1. The number of aromatic carboxylic acids is 1. The van der Waals surface area contributed by atoms with Crippen molar-refractivity contribution in [3.63, 3.8) is 0 Å². The number of aryl methyl sites for hydroxylation is 1. The molecule has 4 rings (SSSR count). The van der Waals surface area contributed by atoms with Crippen LogP contribution in [-0.4, -0.2) is 49.6 Å². The van der Waals surface area contributed by atoms with Crippen LogP contribution in [-0.2, 0) is 14.6 Å². The van der Waals surface area contributed by atoms with Crippen molar-refractivity contribution in [2.24, 2.45) is 0 Å². The molecule has 1 aliphatic rings. The van der Waals surface area contributed by atoms with Crippen LogP contribution in [0.5, 0.6) is 0 Å². The predicted octanol–water partition coefficient (Wildman–Crippen LogP) is 3.36. The molecule has 0 radical (unpaired) electrons. The van der Waals surface area contributed by atoms with Crippen molar-refractivity contribution in [3.8, 4) is 0 Å². The Labute approximate surface area is 184 Å². The first-order chi connectivity index (χ1) is 14.8. The van der Waals surface area contributed by atoms with Crippen LogP contribution in [0.4, 0.5) is 11.4 Å². The smallest absolute Gasteiger partial charge is 0.337 e. The van der Waals surface area contributed by atoms with Crippen LogP contribution >= 0.6 is 11.6 Å². The van der Waals surface area contributed by atoms with E-state index in [2.05, 4.69) is 15.6 Å². The van der Waals surface area contributed by atoms with Gasteiger partial charge in [0.1, 0.15) is 4.90 Å². The molecule has 162 valence electrons. The lowest BCUT2D eigenvalue weighted by atomic mass is 10.1. The molecule has 10 heteroatoms. The van der Waals surface area contributed by atoms with Crippen molar-refractivity contribution in [1.29, 1.82) is 0 Å². The molecular weight excluding hydrogens is 442 g/mol. The van der Waals surface area contributed by atoms with Gasteiger partial charge in [-0.15, -0.1) is 0 Å². The maximum atomic E-state index is 13.4. The summed E-state index contributed by atoms with van der Waals surface area (Å²) in [5.74, 6) is -1.14. The highest BCUT2D eigenvalue weighted by Gasteiger charge is 2.33. The van der Waals surface area contributed by atoms with Gasteiger partial charge in [-0.3, -0.25) is 4.98 Å². The Morgan fingerprint density at radius 2 is 2.10 bits per heavy atom. The van der Waals surface area contributed by atoms with E-state index >= 15 is 0 Å². The molecule has 0 bridgehead atoms. The van der Waals surface area contributed by atoms with Crippen LogP contribution in [0.25, 0.3) is 10.9 Å². The van der Waals surface area contributed by atoms with Crippen molar-refractivity contribution in [1.82, 2.24) is 10.3 Å². The van der Waals surface area contributed by atoms with Crippen molar-refractivity contribution < 1.29 is 23.1 Å². The normalized spacial score (nSPS) is 16.9. The van der Waals surface area contributed by atoms with Crippen molar-refractivity contribution >= 4 is 49.7 Å². The van der Waals surface area contributed by atoms with Gasteiger partial charge in [0.15, 0.2) is 5.44 Å². The van der Waals surface area contributed by atoms with E-state index in [4.69, 9.17) is 16.3 Å². The fourth-order valence-corrected chi connectivity index (χ4v) is 5.17. The molecule has 1 saturated heterocycles. The fourth-order valence-electron chi connectivity index (χ4n) is 3.46. The van der Waals surface area contributed by atoms with Gasteiger partial charge in [-0.05, 0) is 42.8 Å². The Hall–Kier alpha value is -2.72. The largest absolute Gasteiger partial charge is 0.478 e. The van der Waals surface area contributed by atoms with Gasteiger partial charge in [0, 0.05) is 29.7 Å². The number of hydrogen-bond acceptors (Lipinski definition) is 7. The molecule has 3 N–H and O–H groups in total. The summed E-state index contributed by atoms with van der Waals surface area (Å²) in [6, 6.07) is 9.72. The average Bonchev–Trinajstić information content (AvgIpc) is 2.74. The first kappa shape index (κ1) is 21.5. The number of anilines is 2. The summed E-state index contributed by atoms with van der Waals surface area (Å²) in [5, 5.41) is 16.5. The molecule has 1 unspecified atom stereocenters. The fraction of sp³-hybridized carbons (Fsp3) is 0.238. The molecule has 0 spiro atoms. The summed E-state index contributed by atoms with van der Waals surface area (Å²) in [7, 11) is -3.96. The molecule has 1 aromatic heterocycles. The van der Waals surface area contributed by atoms with Gasteiger partial charge < -0.3 is 20.5 Å². The van der Waals surface area contributed by atoms with E-state index < -0.39 is 21.2 Å². The number of sulfone groups is 1. The molecule has 3 aromatic rings. The van der Waals surface area contributed by atoms with E-state index in [-0.39, 0.29) is 35.0 Å². The van der Waals surface area contributed by atoms with Crippen LogP contribution in [0.2, 0.25) is 5.02 Å². The van der Waals surface area contributed by atoms with Crippen molar-refractivity contribution in [2.75, 3.05) is 25.0 Å². The van der Waals surface area contributed by atoms with Gasteiger partial charge in [-0.1, -0.05) is 17.7 Å². The predicted molar refractivity (Wildman–Crippen MR) is 118 cm³/mol. The van der Waals surface area contributed by atoms with Crippen LogP contribution in [0, 0.1) is 6.92 Å². The number of morpholine rings is 1. The van der Waals surface area contributed by atoms with E-state index in [1.165, 1.54) is 12.3 Å². The van der Waals surface area contributed by atoms with Crippen LogP contribution in [0.3, 0.4) is 0 Å². The first-order valence-electron chi connectivity index (χ1n) is 9.53. The third-order valence-electron chi connectivity index (χ3n) is 5.01. The maximum Gasteiger partial charge on any atom is 0.337 e. The average molecular weight is 462 g/mol. The second-order valence-electron chi connectivity index (χ2n) is 7.19. The van der Waals surface area contributed by atoms with E-state index in [1.807, 2.05) is 6.92 Å². The Morgan fingerprint density at radius 3 is 2.81 bits per heavy atom. The number of nitrogens with one attached hydrogen (secondary N) is 2. The lowest BCUT2D eigenvalue weighted by Gasteiger charge is -2.25. The molecule has 2 aromatic carbocycles. The quantitative estimate of drug-likeness (QED) is 0.529. The summed E-state index contributed by atoms with van der Waals surface area (Å²) in [6.45, 7) is 2.78. The van der Waals surface area contributed by atoms with E-state index in [9.17, 15) is 18.3 Å². The topological polar surface area (TPSA) is 118 Å². The van der Waals surface area contributed by atoms with E-state index in [0.29, 0.717) is 22.5 Å². The number of pyridine rings is 1. The molecule has 1 aliphatic heterocycles. The highest BCUT2D eigenvalue weighted by atomic mass is 35.5. The Bertz CT molecular complexity index is 1270. The van der Waals surface area contributed by atoms with Crippen LogP contribution in [0.15, 0.2) is 47.5 Å². The number of ether oxygens (including phenoxy) is 1. The number of nitrogens with zero attached hydrogens (tertiary/aromatic N) is 1. The zero-order chi connectivity index (χ0) is 22.2. The number of carboxylic acids is 1. The van der Waals surface area contributed by atoms with Gasteiger partial charge >= 0.3 is 5.97 Å². The number of carbonyl (C=O) groups is 1. The maximum absolute atomic E-state index is 13.4. The molecule has 8 nitrogen and oxygen atoms in total. The monoisotopic (exact) mass is 461 g/mol. The van der Waals surface area contributed by atoms with Gasteiger partial charge in [-0.25, -0.2) is 13.2 Å². The van der Waals surface area contributed by atoms with Gasteiger partial charge in [0.25, 0.3) is 0 Å². The summed E-state index contributed by atoms with van der Waals surface area (Å²) in [4.78, 5) is 16.0. The summed E-state index contributed by atoms with van der Waals surface area (Å²) in [6.07, 6.45) is 1.27. The third-order valence-corrected chi connectivity index (χ3v) is 7.16. The van der Waals surface area contributed by atoms with Crippen molar-refractivity contribution in [2.45, 2.75) is 17.3 Å². The number of hydrogen-bond donors (Lipinski definition) is 3. The Balaban J connectivity index is 1.94. The number of carboxylic acid groups (broad SMARTS) is 1. The highest BCUT2D eigenvalue weighted by Crippen LogP contribution is 2.36. The number of rotatable bonds is 5. The number of aromatic nitrogens is 1. The zero-order valence-electron chi connectivity index (χ0n) is 16.6. The molecule has 31 heavy (non-hydrogen) atoms. The lowest BCUT2D eigenvalue weighted by Crippen LogP contribution is -2.43. The molecule has 2 heterocycles. The molecule has 0 saturated carbocycles. The number of halogens is 1. The summed E-state index contributed by atoms with van der Waals surface area (Å²) >= 11 is 6.18. The Morgan fingerprint density at radius 1 is 1.29 bits per heavy atom. The molecule has 1 fully saturated rings. The summed E-state index contributed by atoms with van der Waals surface area (Å²) < 4.78 is 32.3. The second kappa shape index (κ2) is 8.43. The van der Waals surface area contributed by atoms with Gasteiger partial charge in [0.2, 0.25) is 9.84 Å². The van der Waals surface area contributed by atoms with Crippen LogP contribution in [0.1, 0.15) is 15.9 Å². The lowest BCUT2D eigenvalue weighted by molar-refractivity contribution is 0.0698. The molecule has 0 aliphatic carbocycles. The second-order valence-corrected chi connectivity index (χ2v) is 9.68. The standard InChI is InChI=1S/C21H20ClN3O5S/c1-12-2-4-14(21(26)27)17(8-12)25-20-15-9-13(22)3-5-16(15)24-10-18(20)31(28,29)19-11-23-6-7-30-19/h2-5,8-10,19,23H,6-7,11H2,1H3,(H,24,25)(H,26,27). The number of benzene rings is 2. The Kier molecular flexibility index (Phi) is 5.85. The van der Waals surface area contributed by atoms with Gasteiger partial charge in [0.05, 0.1) is 29.1 Å². The van der Waals surface area contributed by atoms with Crippen molar-refractivity contribution in [3.05, 3.63) is 58.7 Å². The molecule has 1 atom stereocenters. The van der Waals surface area contributed by atoms with Crippen LogP contribution < -0.4 is 10.6 Å². The van der Waals surface area contributed by atoms with E-state index in [1.54, 1.807) is 30.3 Å². The molecular formula is C21H20ClN3O5S. The highest BCUT2D eigenvalue weighted by molar-refractivity contribution is 7.92. The first-order valence-corrected chi connectivity index (χ1v) is 11.5. The minimum Gasteiger partial charge on any atom is -0.478 e. The third kappa shape index (κ3) is 4.22.